The van der Waals surface area contributed by atoms with Crippen LogP contribution in [0.15, 0.2) is 18.2 Å². The van der Waals surface area contributed by atoms with Gasteiger partial charge in [0, 0.05) is 5.69 Å². The summed E-state index contributed by atoms with van der Waals surface area (Å²) in [4.78, 5) is 11.8. The van der Waals surface area contributed by atoms with Gasteiger partial charge in [0.05, 0.1) is 20.0 Å². The molecule has 0 radical (unpaired) electrons. The van der Waals surface area contributed by atoms with Crippen molar-refractivity contribution >= 4 is 21.7 Å². The molecule has 0 saturated carbocycles. The summed E-state index contributed by atoms with van der Waals surface area (Å²) in [5, 5.41) is 3.04. The Bertz CT molecular complexity index is 601. The number of carbonyl (C=O) groups excluding carboxylic acids is 1. The van der Waals surface area contributed by atoms with Gasteiger partial charge >= 0.3 is 5.97 Å². The zero-order chi connectivity index (χ0) is 16.6. The molecule has 0 saturated heterocycles. The van der Waals surface area contributed by atoms with Gasteiger partial charge in [-0.3, -0.25) is 4.72 Å². The predicted molar refractivity (Wildman–Crippen MR) is 84.9 cm³/mol. The van der Waals surface area contributed by atoms with Crippen LogP contribution in [0.5, 0.6) is 5.75 Å². The maximum absolute atomic E-state index is 11.8. The lowest BCUT2D eigenvalue weighted by molar-refractivity contribution is 0.0596. The van der Waals surface area contributed by atoms with E-state index in [2.05, 4.69) is 10.0 Å². The molecule has 0 fully saturated rings. The number of unbranched alkanes of at least 4 members (excludes halogenated alkanes) is 1. The summed E-state index contributed by atoms with van der Waals surface area (Å²) < 4.78 is 35.1. The van der Waals surface area contributed by atoms with E-state index in [9.17, 15) is 13.2 Å². The van der Waals surface area contributed by atoms with Gasteiger partial charge in [-0.15, -0.1) is 0 Å². The van der Waals surface area contributed by atoms with Crippen molar-refractivity contribution in [1.29, 1.82) is 0 Å². The van der Waals surface area contributed by atoms with Crippen molar-refractivity contribution in [2.24, 2.45) is 0 Å². The van der Waals surface area contributed by atoms with Crippen molar-refractivity contribution in [3.05, 3.63) is 23.8 Å². The molecule has 0 aliphatic carbocycles. The van der Waals surface area contributed by atoms with Crippen LogP contribution in [0.2, 0.25) is 0 Å². The summed E-state index contributed by atoms with van der Waals surface area (Å²) in [6.07, 6.45) is 2.83. The molecule has 1 rings (SSSR count). The number of carbonyl (C=O) groups is 1. The Morgan fingerprint density at radius 1 is 1.27 bits per heavy atom. The molecule has 8 heteroatoms. The maximum Gasteiger partial charge on any atom is 0.341 e. The number of sulfonamides is 1. The maximum atomic E-state index is 11.8. The number of esters is 1. The minimum atomic E-state index is -3.42. The zero-order valence-electron chi connectivity index (χ0n) is 13.0. The molecular formula is C14H22N2O5S. The fourth-order valence-corrected chi connectivity index (χ4v) is 2.34. The highest BCUT2D eigenvalue weighted by Gasteiger charge is 2.15. The van der Waals surface area contributed by atoms with Gasteiger partial charge in [0.2, 0.25) is 10.0 Å². The number of hydrogen-bond acceptors (Lipinski definition) is 6. The number of ether oxygens (including phenoxy) is 2. The molecule has 0 atom stereocenters. The van der Waals surface area contributed by atoms with Gasteiger partial charge in [-0.1, -0.05) is 0 Å². The molecule has 0 bridgehead atoms. The first-order valence-corrected chi connectivity index (χ1v) is 8.74. The number of nitrogens with one attached hydrogen (secondary N) is 2. The van der Waals surface area contributed by atoms with E-state index < -0.39 is 16.0 Å². The predicted octanol–water partition coefficient (Wildman–Crippen LogP) is 1.22. The van der Waals surface area contributed by atoms with E-state index in [0.29, 0.717) is 12.4 Å². The summed E-state index contributed by atoms with van der Waals surface area (Å²) in [5.74, 6) is -0.210. The van der Waals surface area contributed by atoms with Gasteiger partial charge in [-0.05, 0) is 44.6 Å². The van der Waals surface area contributed by atoms with Crippen LogP contribution in [0.1, 0.15) is 23.2 Å². The molecule has 124 valence electrons. The zero-order valence-corrected chi connectivity index (χ0v) is 13.8. The first-order valence-electron chi connectivity index (χ1n) is 6.85. The fourth-order valence-electron chi connectivity index (χ4n) is 1.79. The van der Waals surface area contributed by atoms with Crippen LogP contribution in [-0.4, -0.2) is 48.0 Å². The average molecular weight is 330 g/mol. The first-order chi connectivity index (χ1) is 10.4. The number of benzene rings is 1. The topological polar surface area (TPSA) is 93.7 Å². The second-order valence-corrected chi connectivity index (χ2v) is 6.48. The van der Waals surface area contributed by atoms with Gasteiger partial charge < -0.3 is 14.8 Å². The quantitative estimate of drug-likeness (QED) is 0.522. The normalized spacial score (nSPS) is 11.0. The molecule has 0 amide bonds. The SMILES string of the molecule is CNCCCCOc1ccc(NS(C)(=O)=O)cc1C(=O)OC. The Kier molecular flexibility index (Phi) is 7.13. The Hall–Kier alpha value is -1.80. The number of methoxy groups -OCH3 is 1. The number of rotatable bonds is 9. The molecule has 0 aliphatic heterocycles. The average Bonchev–Trinajstić information content (AvgIpc) is 2.45. The standard InChI is InChI=1S/C14H22N2O5S/c1-15-8-4-5-9-21-13-7-6-11(16-22(3,18)19)10-12(13)14(17)20-2/h6-7,10,15-16H,4-5,8-9H2,1-3H3. The smallest absolute Gasteiger partial charge is 0.341 e. The first kappa shape index (κ1) is 18.2. The molecule has 1 aromatic carbocycles. The third kappa shape index (κ3) is 6.31. The molecular weight excluding hydrogens is 308 g/mol. The van der Waals surface area contributed by atoms with Gasteiger partial charge in [0.15, 0.2) is 0 Å². The highest BCUT2D eigenvalue weighted by Crippen LogP contribution is 2.24. The van der Waals surface area contributed by atoms with Gasteiger partial charge in [0.1, 0.15) is 11.3 Å². The van der Waals surface area contributed by atoms with Crippen LogP contribution >= 0.6 is 0 Å². The summed E-state index contributed by atoms with van der Waals surface area (Å²) in [6, 6.07) is 4.49. The molecule has 1 aromatic rings. The van der Waals surface area contributed by atoms with Gasteiger partial charge in [-0.2, -0.15) is 0 Å². The Labute approximate surface area is 131 Å². The van der Waals surface area contributed by atoms with E-state index in [1.165, 1.54) is 19.2 Å². The minimum absolute atomic E-state index is 0.185. The Balaban J connectivity index is 2.85. The summed E-state index contributed by atoms with van der Waals surface area (Å²) in [5.41, 5.74) is 0.468. The van der Waals surface area contributed by atoms with Crippen LogP contribution in [-0.2, 0) is 14.8 Å². The lowest BCUT2D eigenvalue weighted by atomic mass is 10.2. The minimum Gasteiger partial charge on any atom is -0.493 e. The number of anilines is 1. The molecule has 2 N–H and O–H groups in total. The second kappa shape index (κ2) is 8.60. The van der Waals surface area contributed by atoms with Crippen LogP contribution < -0.4 is 14.8 Å². The van der Waals surface area contributed by atoms with Crippen LogP contribution in [0.3, 0.4) is 0 Å². The lowest BCUT2D eigenvalue weighted by Gasteiger charge is -2.12. The van der Waals surface area contributed by atoms with E-state index >= 15 is 0 Å². The van der Waals surface area contributed by atoms with E-state index in [-0.39, 0.29) is 11.3 Å². The summed E-state index contributed by atoms with van der Waals surface area (Å²) in [6.45, 7) is 1.36. The van der Waals surface area contributed by atoms with Crippen molar-refractivity contribution < 1.29 is 22.7 Å². The van der Waals surface area contributed by atoms with Crippen molar-refractivity contribution in [3.8, 4) is 5.75 Å². The molecule has 7 nitrogen and oxygen atoms in total. The van der Waals surface area contributed by atoms with Crippen molar-refractivity contribution in [3.63, 3.8) is 0 Å². The second-order valence-electron chi connectivity index (χ2n) is 4.74. The van der Waals surface area contributed by atoms with Crippen molar-refractivity contribution in [2.45, 2.75) is 12.8 Å². The largest absolute Gasteiger partial charge is 0.493 e. The highest BCUT2D eigenvalue weighted by atomic mass is 32.2. The number of hydrogen-bond donors (Lipinski definition) is 2. The van der Waals surface area contributed by atoms with E-state index in [1.54, 1.807) is 6.07 Å². The molecule has 0 spiro atoms. The lowest BCUT2D eigenvalue weighted by Crippen LogP contribution is -2.12. The van der Waals surface area contributed by atoms with E-state index in [4.69, 9.17) is 9.47 Å². The Morgan fingerprint density at radius 3 is 2.59 bits per heavy atom. The highest BCUT2D eigenvalue weighted by molar-refractivity contribution is 7.92. The molecule has 0 aliphatic rings. The van der Waals surface area contributed by atoms with Gasteiger partial charge in [0.25, 0.3) is 0 Å². The fraction of sp³-hybridized carbons (Fsp3) is 0.500. The van der Waals surface area contributed by atoms with E-state index in [0.717, 1.165) is 25.6 Å². The van der Waals surface area contributed by atoms with Crippen LogP contribution in [0.25, 0.3) is 0 Å². The summed E-state index contributed by atoms with van der Waals surface area (Å²) in [7, 11) is -0.278. The molecule has 22 heavy (non-hydrogen) atoms. The molecule has 0 unspecified atom stereocenters. The van der Waals surface area contributed by atoms with E-state index in [1.807, 2.05) is 7.05 Å². The monoisotopic (exact) mass is 330 g/mol. The van der Waals surface area contributed by atoms with Crippen LogP contribution in [0.4, 0.5) is 5.69 Å². The van der Waals surface area contributed by atoms with Crippen LogP contribution in [0, 0.1) is 0 Å². The van der Waals surface area contributed by atoms with Crippen molar-refractivity contribution in [2.75, 3.05) is 38.3 Å². The Morgan fingerprint density at radius 2 is 2.00 bits per heavy atom. The molecule has 0 aromatic heterocycles. The molecule has 0 heterocycles. The van der Waals surface area contributed by atoms with Crippen molar-refractivity contribution in [1.82, 2.24) is 5.32 Å². The summed E-state index contributed by atoms with van der Waals surface area (Å²) >= 11 is 0. The van der Waals surface area contributed by atoms with Gasteiger partial charge in [-0.25, -0.2) is 13.2 Å². The third-order valence-corrected chi connectivity index (χ3v) is 3.37. The third-order valence-electron chi connectivity index (χ3n) is 2.77.